The molecular weight excluding hydrogens is 281 g/mol. The molecule has 0 radical (unpaired) electrons. The summed E-state index contributed by atoms with van der Waals surface area (Å²) in [6.07, 6.45) is 2.09. The number of benzene rings is 2. The first-order valence-electron chi connectivity index (χ1n) is 7.34. The van der Waals surface area contributed by atoms with Crippen LogP contribution in [0.15, 0.2) is 53.4 Å². The highest BCUT2D eigenvalue weighted by Crippen LogP contribution is 2.20. The topological polar surface area (TPSA) is 12.0 Å². The SMILES string of the molecule is CCc1ccc(CC(CSc2ccc(F)cc2)NC)cc1. The first-order chi connectivity index (χ1) is 10.2. The minimum absolute atomic E-state index is 0.180. The Balaban J connectivity index is 1.88. The predicted molar refractivity (Wildman–Crippen MR) is 89.5 cm³/mol. The third-order valence-electron chi connectivity index (χ3n) is 3.59. The molecule has 0 aliphatic heterocycles. The van der Waals surface area contributed by atoms with Crippen LogP contribution in [0.3, 0.4) is 0 Å². The summed E-state index contributed by atoms with van der Waals surface area (Å²) in [5.41, 5.74) is 2.73. The molecule has 0 fully saturated rings. The smallest absolute Gasteiger partial charge is 0.123 e. The molecule has 112 valence electrons. The van der Waals surface area contributed by atoms with Gasteiger partial charge in [0.15, 0.2) is 0 Å². The summed E-state index contributed by atoms with van der Waals surface area (Å²) in [4.78, 5) is 1.11. The fourth-order valence-corrected chi connectivity index (χ4v) is 3.17. The van der Waals surface area contributed by atoms with Gasteiger partial charge in [-0.1, -0.05) is 31.2 Å². The number of hydrogen-bond acceptors (Lipinski definition) is 2. The van der Waals surface area contributed by atoms with E-state index in [1.165, 1.54) is 23.3 Å². The molecule has 2 rings (SSSR count). The maximum absolute atomic E-state index is 12.9. The minimum Gasteiger partial charge on any atom is -0.316 e. The Bertz CT molecular complexity index is 536. The van der Waals surface area contributed by atoms with Crippen molar-refractivity contribution in [1.29, 1.82) is 0 Å². The lowest BCUT2D eigenvalue weighted by atomic mass is 10.0. The molecular formula is C18H22FNS. The van der Waals surface area contributed by atoms with Crippen molar-refractivity contribution >= 4 is 11.8 Å². The Kier molecular flexibility index (Phi) is 6.27. The highest BCUT2D eigenvalue weighted by Gasteiger charge is 2.08. The van der Waals surface area contributed by atoms with Gasteiger partial charge in [0, 0.05) is 16.7 Å². The Hall–Kier alpha value is -1.32. The second kappa shape index (κ2) is 8.20. The number of aryl methyl sites for hydroxylation is 1. The average Bonchev–Trinajstić information content (AvgIpc) is 2.53. The van der Waals surface area contributed by atoms with E-state index in [0.29, 0.717) is 6.04 Å². The molecule has 2 aromatic carbocycles. The standard InChI is InChI=1S/C18H22FNS/c1-3-14-4-6-15(7-5-14)12-17(20-2)13-21-18-10-8-16(19)9-11-18/h4-11,17,20H,3,12-13H2,1-2H3. The van der Waals surface area contributed by atoms with Gasteiger partial charge < -0.3 is 5.32 Å². The van der Waals surface area contributed by atoms with Crippen LogP contribution in [0.25, 0.3) is 0 Å². The fourth-order valence-electron chi connectivity index (χ4n) is 2.17. The quantitative estimate of drug-likeness (QED) is 0.765. The zero-order valence-corrected chi connectivity index (χ0v) is 13.4. The minimum atomic E-state index is -0.180. The number of nitrogens with one attached hydrogen (secondary N) is 1. The molecule has 0 spiro atoms. The Labute approximate surface area is 131 Å². The van der Waals surface area contributed by atoms with Crippen molar-refractivity contribution in [2.45, 2.75) is 30.7 Å². The van der Waals surface area contributed by atoms with Crippen LogP contribution in [-0.2, 0) is 12.8 Å². The number of thioether (sulfide) groups is 1. The Morgan fingerprint density at radius 2 is 1.62 bits per heavy atom. The highest BCUT2D eigenvalue weighted by atomic mass is 32.2. The lowest BCUT2D eigenvalue weighted by Gasteiger charge is -2.16. The number of rotatable bonds is 7. The molecule has 1 nitrogen and oxygen atoms in total. The number of likely N-dealkylation sites (N-methyl/N-ethyl adjacent to an activating group) is 1. The van der Waals surface area contributed by atoms with Crippen molar-refractivity contribution in [1.82, 2.24) is 5.32 Å². The molecule has 0 heterocycles. The zero-order valence-electron chi connectivity index (χ0n) is 12.6. The summed E-state index contributed by atoms with van der Waals surface area (Å²) in [5, 5.41) is 3.37. The van der Waals surface area contributed by atoms with Crippen LogP contribution in [0.4, 0.5) is 4.39 Å². The molecule has 0 saturated carbocycles. The summed E-state index contributed by atoms with van der Waals surface area (Å²) >= 11 is 1.76. The maximum atomic E-state index is 12.9. The second-order valence-electron chi connectivity index (χ2n) is 5.12. The van der Waals surface area contributed by atoms with Crippen LogP contribution in [0.5, 0.6) is 0 Å². The third kappa shape index (κ3) is 5.18. The molecule has 0 aromatic heterocycles. The molecule has 21 heavy (non-hydrogen) atoms. The summed E-state index contributed by atoms with van der Waals surface area (Å²) in [6, 6.07) is 15.9. The molecule has 0 aliphatic carbocycles. The van der Waals surface area contributed by atoms with Crippen LogP contribution in [0.1, 0.15) is 18.1 Å². The van der Waals surface area contributed by atoms with Crippen molar-refractivity contribution in [3.05, 3.63) is 65.5 Å². The van der Waals surface area contributed by atoms with Crippen LogP contribution in [0.2, 0.25) is 0 Å². The summed E-state index contributed by atoms with van der Waals surface area (Å²) in [5.74, 6) is 0.790. The average molecular weight is 303 g/mol. The normalized spacial score (nSPS) is 12.3. The van der Waals surface area contributed by atoms with Gasteiger partial charge in [-0.3, -0.25) is 0 Å². The van der Waals surface area contributed by atoms with Crippen molar-refractivity contribution < 1.29 is 4.39 Å². The molecule has 1 atom stereocenters. The van der Waals surface area contributed by atoms with Crippen LogP contribution < -0.4 is 5.32 Å². The van der Waals surface area contributed by atoms with E-state index in [2.05, 4.69) is 36.5 Å². The van der Waals surface area contributed by atoms with Crippen LogP contribution in [0, 0.1) is 5.82 Å². The molecule has 3 heteroatoms. The van der Waals surface area contributed by atoms with Gasteiger partial charge in [0.2, 0.25) is 0 Å². The van der Waals surface area contributed by atoms with Gasteiger partial charge in [-0.2, -0.15) is 0 Å². The highest BCUT2D eigenvalue weighted by molar-refractivity contribution is 7.99. The van der Waals surface area contributed by atoms with Gasteiger partial charge in [0.1, 0.15) is 5.82 Å². The number of halogens is 1. The molecule has 0 amide bonds. The van der Waals surface area contributed by atoms with E-state index in [1.807, 2.05) is 19.2 Å². The first-order valence-corrected chi connectivity index (χ1v) is 8.33. The van der Waals surface area contributed by atoms with Crippen LogP contribution >= 0.6 is 11.8 Å². The van der Waals surface area contributed by atoms with E-state index < -0.39 is 0 Å². The van der Waals surface area contributed by atoms with E-state index in [-0.39, 0.29) is 5.82 Å². The van der Waals surface area contributed by atoms with E-state index in [1.54, 1.807) is 11.8 Å². The largest absolute Gasteiger partial charge is 0.316 e. The second-order valence-corrected chi connectivity index (χ2v) is 6.22. The third-order valence-corrected chi connectivity index (χ3v) is 4.76. The maximum Gasteiger partial charge on any atom is 0.123 e. The van der Waals surface area contributed by atoms with Crippen LogP contribution in [-0.4, -0.2) is 18.8 Å². The molecule has 0 bridgehead atoms. The molecule has 1 unspecified atom stereocenters. The van der Waals surface area contributed by atoms with E-state index in [0.717, 1.165) is 23.5 Å². The van der Waals surface area contributed by atoms with Gasteiger partial charge in [-0.25, -0.2) is 4.39 Å². The first kappa shape index (κ1) is 16.1. The summed E-state index contributed by atoms with van der Waals surface area (Å²) in [6.45, 7) is 2.17. The Morgan fingerprint density at radius 1 is 1.00 bits per heavy atom. The van der Waals surface area contributed by atoms with Crippen molar-refractivity contribution in [3.8, 4) is 0 Å². The molecule has 0 saturated heterocycles. The number of hydrogen-bond donors (Lipinski definition) is 1. The molecule has 0 aliphatic rings. The summed E-state index contributed by atoms with van der Waals surface area (Å²) < 4.78 is 12.9. The predicted octanol–water partition coefficient (Wildman–Crippen LogP) is 4.31. The molecule has 1 N–H and O–H groups in total. The van der Waals surface area contributed by atoms with E-state index in [9.17, 15) is 4.39 Å². The van der Waals surface area contributed by atoms with Crippen molar-refractivity contribution in [2.75, 3.05) is 12.8 Å². The van der Waals surface area contributed by atoms with Gasteiger partial charge in [-0.15, -0.1) is 11.8 Å². The Morgan fingerprint density at radius 3 is 2.19 bits per heavy atom. The van der Waals surface area contributed by atoms with Gasteiger partial charge in [0.05, 0.1) is 0 Å². The lowest BCUT2D eigenvalue weighted by Crippen LogP contribution is -2.30. The van der Waals surface area contributed by atoms with E-state index >= 15 is 0 Å². The molecule has 2 aromatic rings. The zero-order chi connectivity index (χ0) is 15.1. The fraction of sp³-hybridized carbons (Fsp3) is 0.333. The van der Waals surface area contributed by atoms with Crippen molar-refractivity contribution in [3.63, 3.8) is 0 Å². The van der Waals surface area contributed by atoms with Crippen molar-refractivity contribution in [2.24, 2.45) is 0 Å². The summed E-state index contributed by atoms with van der Waals surface area (Å²) in [7, 11) is 2.00. The monoisotopic (exact) mass is 303 g/mol. The lowest BCUT2D eigenvalue weighted by molar-refractivity contribution is 0.616. The van der Waals surface area contributed by atoms with E-state index in [4.69, 9.17) is 0 Å². The van der Waals surface area contributed by atoms with Gasteiger partial charge >= 0.3 is 0 Å². The van der Waals surface area contributed by atoms with Gasteiger partial charge in [0.25, 0.3) is 0 Å². The van der Waals surface area contributed by atoms with Gasteiger partial charge in [-0.05, 0) is 55.3 Å².